The predicted molar refractivity (Wildman–Crippen MR) is 105 cm³/mol. The topological polar surface area (TPSA) is 106 Å². The van der Waals surface area contributed by atoms with Gasteiger partial charge in [0.05, 0.1) is 6.61 Å². The maximum absolute atomic E-state index is 12.5. The molecule has 0 spiro atoms. The molecule has 156 valence electrons. The van der Waals surface area contributed by atoms with Gasteiger partial charge in [0, 0.05) is 18.4 Å². The molecule has 2 atom stereocenters. The monoisotopic (exact) mass is 403 g/mol. The van der Waals surface area contributed by atoms with Gasteiger partial charge in [0.15, 0.2) is 11.5 Å². The molecule has 0 fully saturated rings. The van der Waals surface area contributed by atoms with E-state index in [9.17, 15) is 9.90 Å². The third-order valence-electron chi connectivity index (χ3n) is 4.52. The molecule has 0 saturated carbocycles. The van der Waals surface area contributed by atoms with Crippen LogP contribution in [0.2, 0.25) is 0 Å². The van der Waals surface area contributed by atoms with E-state index in [1.807, 2.05) is 6.92 Å². The number of ether oxygens (including phenoxy) is 4. The molecule has 0 aromatic heterocycles. The highest BCUT2D eigenvalue weighted by atomic mass is 16.7. The first kappa shape index (κ1) is 20.8. The predicted octanol–water partition coefficient (Wildman–Crippen LogP) is 3.09. The summed E-state index contributed by atoms with van der Waals surface area (Å²) in [6.45, 7) is 2.19. The number of anilines is 1. The van der Waals surface area contributed by atoms with Gasteiger partial charge in [0.1, 0.15) is 18.5 Å². The third kappa shape index (κ3) is 5.52. The highest BCUT2D eigenvalue weighted by molar-refractivity contribution is 5.85. The molecule has 0 bridgehead atoms. The number of hydrogen-bond acceptors (Lipinski definition) is 7. The van der Waals surface area contributed by atoms with E-state index in [-0.39, 0.29) is 32.5 Å². The zero-order chi connectivity index (χ0) is 20.6. The first-order valence-electron chi connectivity index (χ1n) is 9.42. The highest BCUT2D eigenvalue weighted by Gasteiger charge is 2.24. The van der Waals surface area contributed by atoms with Gasteiger partial charge in [0.25, 0.3) is 0 Å². The first-order chi connectivity index (χ1) is 14.1. The minimum absolute atomic E-state index is 0.0114. The van der Waals surface area contributed by atoms with E-state index >= 15 is 0 Å². The van der Waals surface area contributed by atoms with Crippen molar-refractivity contribution in [2.75, 3.05) is 31.9 Å². The van der Waals surface area contributed by atoms with Crippen LogP contribution in [0.4, 0.5) is 10.5 Å². The van der Waals surface area contributed by atoms with Gasteiger partial charge in [-0.3, -0.25) is 5.32 Å². The number of amides is 1. The molecule has 1 aliphatic rings. The number of aliphatic hydroxyl groups is 2. The van der Waals surface area contributed by atoms with E-state index < -0.39 is 12.2 Å². The number of fused-ring (bicyclic) bond motifs is 1. The Balaban J connectivity index is 1.68. The second-order valence-corrected chi connectivity index (χ2v) is 6.65. The zero-order valence-electron chi connectivity index (χ0n) is 16.2. The van der Waals surface area contributed by atoms with Crippen LogP contribution >= 0.6 is 0 Å². The second-order valence-electron chi connectivity index (χ2n) is 6.65. The van der Waals surface area contributed by atoms with Crippen LogP contribution in [0.5, 0.6) is 17.2 Å². The molecule has 1 aliphatic heterocycles. The summed E-state index contributed by atoms with van der Waals surface area (Å²) in [6, 6.07) is 12.2. The van der Waals surface area contributed by atoms with Crippen LogP contribution in [-0.2, 0) is 4.74 Å². The molecule has 0 aliphatic carbocycles. The third-order valence-corrected chi connectivity index (χ3v) is 4.52. The number of hydrogen-bond donors (Lipinski definition) is 3. The van der Waals surface area contributed by atoms with Gasteiger partial charge in [0.2, 0.25) is 6.79 Å². The van der Waals surface area contributed by atoms with E-state index in [1.54, 1.807) is 42.5 Å². The van der Waals surface area contributed by atoms with Crippen molar-refractivity contribution in [1.82, 2.24) is 0 Å². The number of carbonyl (C=O) groups excluding carboxylic acids is 1. The molecule has 29 heavy (non-hydrogen) atoms. The minimum Gasteiger partial charge on any atom is -0.491 e. The fraction of sp³-hybridized carbons (Fsp3) is 0.381. The highest BCUT2D eigenvalue weighted by Crippen LogP contribution is 2.35. The van der Waals surface area contributed by atoms with Gasteiger partial charge in [-0.2, -0.15) is 0 Å². The van der Waals surface area contributed by atoms with Crippen molar-refractivity contribution < 1.29 is 34.0 Å². The van der Waals surface area contributed by atoms with E-state index in [2.05, 4.69) is 5.32 Å². The van der Waals surface area contributed by atoms with Crippen LogP contribution in [0, 0.1) is 5.92 Å². The Labute approximate surface area is 169 Å². The molecule has 0 unspecified atom stereocenters. The first-order valence-corrected chi connectivity index (χ1v) is 9.42. The lowest BCUT2D eigenvalue weighted by molar-refractivity contribution is 0.0667. The fourth-order valence-electron chi connectivity index (χ4n) is 3.02. The Hall–Kier alpha value is -2.97. The van der Waals surface area contributed by atoms with Crippen LogP contribution in [0.1, 0.15) is 25.0 Å². The van der Waals surface area contributed by atoms with Crippen molar-refractivity contribution >= 4 is 11.8 Å². The van der Waals surface area contributed by atoms with Crippen molar-refractivity contribution in [2.24, 2.45) is 5.92 Å². The lowest BCUT2D eigenvalue weighted by atomic mass is 9.94. The molecule has 0 radical (unpaired) electrons. The van der Waals surface area contributed by atoms with Crippen molar-refractivity contribution in [1.29, 1.82) is 0 Å². The molecule has 8 nitrogen and oxygen atoms in total. The number of aliphatic hydroxyl groups excluding tert-OH is 2. The van der Waals surface area contributed by atoms with Gasteiger partial charge >= 0.3 is 6.09 Å². The summed E-state index contributed by atoms with van der Waals surface area (Å²) in [6.07, 6.45) is -0.688. The van der Waals surface area contributed by atoms with Crippen LogP contribution in [0.15, 0.2) is 42.5 Å². The molecule has 1 amide bonds. The van der Waals surface area contributed by atoms with Crippen molar-refractivity contribution in [3.8, 4) is 17.2 Å². The summed E-state index contributed by atoms with van der Waals surface area (Å²) in [4.78, 5) is 12.5. The fourth-order valence-corrected chi connectivity index (χ4v) is 3.02. The second kappa shape index (κ2) is 9.99. The van der Waals surface area contributed by atoms with Gasteiger partial charge in [-0.1, -0.05) is 19.1 Å². The molecule has 1 heterocycles. The quantitative estimate of drug-likeness (QED) is 0.591. The van der Waals surface area contributed by atoms with Gasteiger partial charge in [-0.25, -0.2) is 4.79 Å². The van der Waals surface area contributed by atoms with E-state index in [0.29, 0.717) is 29.4 Å². The summed E-state index contributed by atoms with van der Waals surface area (Å²) in [7, 11) is 0. The molecule has 3 N–H and O–H groups in total. The number of nitrogens with one attached hydrogen (secondary N) is 1. The molecule has 2 aromatic rings. The average Bonchev–Trinajstić information content (AvgIpc) is 3.19. The number of benzene rings is 2. The molecule has 8 heteroatoms. The Kier molecular flexibility index (Phi) is 7.15. The molecular weight excluding hydrogens is 378 g/mol. The van der Waals surface area contributed by atoms with E-state index in [4.69, 9.17) is 24.1 Å². The SMILES string of the molecule is C[C@@H](CCO)[C@@H](OC(=O)Nc1ccc2c(c1)OCO2)c1ccc(OCCO)cc1. The Morgan fingerprint density at radius 3 is 2.59 bits per heavy atom. The zero-order valence-corrected chi connectivity index (χ0v) is 16.2. The summed E-state index contributed by atoms with van der Waals surface area (Å²) in [5.41, 5.74) is 1.31. The van der Waals surface area contributed by atoms with Gasteiger partial charge in [-0.15, -0.1) is 0 Å². The molecule has 0 saturated heterocycles. The normalized spacial score (nSPS) is 14.2. The summed E-state index contributed by atoms with van der Waals surface area (Å²) in [5.74, 6) is 1.70. The van der Waals surface area contributed by atoms with Crippen molar-refractivity contribution in [3.05, 3.63) is 48.0 Å². The summed E-state index contributed by atoms with van der Waals surface area (Å²) in [5, 5.41) is 20.8. The largest absolute Gasteiger partial charge is 0.491 e. The number of carbonyl (C=O) groups is 1. The summed E-state index contributed by atoms with van der Waals surface area (Å²) < 4.78 is 21.6. The van der Waals surface area contributed by atoms with Gasteiger partial charge < -0.3 is 29.2 Å². The minimum atomic E-state index is -0.612. The van der Waals surface area contributed by atoms with Crippen LogP contribution in [0.3, 0.4) is 0 Å². The lowest BCUT2D eigenvalue weighted by Gasteiger charge is -2.24. The van der Waals surface area contributed by atoms with E-state index in [0.717, 1.165) is 5.56 Å². The van der Waals surface area contributed by atoms with Crippen LogP contribution in [-0.4, -0.2) is 42.9 Å². The van der Waals surface area contributed by atoms with Crippen LogP contribution in [0.25, 0.3) is 0 Å². The van der Waals surface area contributed by atoms with Crippen LogP contribution < -0.4 is 19.5 Å². The lowest BCUT2D eigenvalue weighted by Crippen LogP contribution is -2.22. The molecule has 3 rings (SSSR count). The average molecular weight is 403 g/mol. The Morgan fingerprint density at radius 1 is 1.10 bits per heavy atom. The van der Waals surface area contributed by atoms with Gasteiger partial charge in [-0.05, 0) is 42.2 Å². The van der Waals surface area contributed by atoms with Crippen molar-refractivity contribution in [3.63, 3.8) is 0 Å². The maximum atomic E-state index is 12.5. The molecular formula is C21H25NO7. The number of rotatable bonds is 9. The Morgan fingerprint density at radius 2 is 1.86 bits per heavy atom. The maximum Gasteiger partial charge on any atom is 0.412 e. The molecule has 2 aromatic carbocycles. The van der Waals surface area contributed by atoms with Crippen molar-refractivity contribution in [2.45, 2.75) is 19.4 Å². The van der Waals surface area contributed by atoms with E-state index in [1.165, 1.54) is 0 Å². The summed E-state index contributed by atoms with van der Waals surface area (Å²) >= 11 is 0. The smallest absolute Gasteiger partial charge is 0.412 e. The Bertz CT molecular complexity index is 809. The standard InChI is InChI=1S/C21H25NO7/c1-14(8-9-23)20(15-2-5-17(6-3-15)26-11-10-24)29-21(25)22-16-4-7-18-19(12-16)28-13-27-18/h2-7,12,14,20,23-24H,8-11,13H2,1H3,(H,22,25)/t14-,20+/m0/s1.